The molecule has 1 aliphatic heterocycles. The fraction of sp³-hybridized carbons (Fsp3) is 0.588. The normalized spacial score (nSPS) is 16.7. The molecule has 0 radical (unpaired) electrons. The second kappa shape index (κ2) is 7.98. The Balaban J connectivity index is 2.29. The Kier molecular flexibility index (Phi) is 6.23. The highest BCUT2D eigenvalue weighted by molar-refractivity contribution is 7.89. The van der Waals surface area contributed by atoms with Crippen molar-refractivity contribution in [2.75, 3.05) is 33.3 Å². The minimum atomic E-state index is -3.65. The lowest BCUT2D eigenvalue weighted by Gasteiger charge is -2.22. The summed E-state index contributed by atoms with van der Waals surface area (Å²) in [5.41, 5.74) is 0.951. The number of ether oxygens (including phenoxy) is 1. The highest BCUT2D eigenvalue weighted by Gasteiger charge is 2.30. The van der Waals surface area contributed by atoms with E-state index in [1.54, 1.807) is 17.0 Å². The molecule has 1 heterocycles. The molecule has 134 valence electrons. The van der Waals surface area contributed by atoms with Gasteiger partial charge in [-0.15, -0.1) is 0 Å². The van der Waals surface area contributed by atoms with Crippen LogP contribution in [0.15, 0.2) is 23.1 Å². The zero-order valence-corrected chi connectivity index (χ0v) is 15.4. The van der Waals surface area contributed by atoms with Crippen LogP contribution in [0, 0.1) is 0 Å². The Bertz CT molecular complexity index is 688. The van der Waals surface area contributed by atoms with Crippen LogP contribution in [0.25, 0.3) is 0 Å². The third-order valence-electron chi connectivity index (χ3n) is 4.36. The number of benzene rings is 1. The van der Waals surface area contributed by atoms with Gasteiger partial charge in [-0.2, -0.15) is 4.31 Å². The first-order valence-electron chi connectivity index (χ1n) is 8.38. The molecule has 0 aromatic heterocycles. The Morgan fingerprint density at radius 1 is 1.17 bits per heavy atom. The fourth-order valence-corrected chi connectivity index (χ4v) is 4.56. The van der Waals surface area contributed by atoms with Crippen molar-refractivity contribution in [3.8, 4) is 5.75 Å². The molecular formula is C17H26N2O4S. The van der Waals surface area contributed by atoms with Crippen LogP contribution < -0.4 is 4.74 Å². The second-order valence-corrected chi connectivity index (χ2v) is 7.74. The molecule has 0 bridgehead atoms. The van der Waals surface area contributed by atoms with E-state index in [0.717, 1.165) is 12.0 Å². The number of carbonyl (C=O) groups is 1. The standard InChI is InChI=1S/C17H26N2O4S/c1-4-14-7-8-15(23-3)16(13-14)24(21,22)19-10-6-9-18(11-12-19)17(20)5-2/h7-8,13H,4-6,9-12H2,1-3H3. The number of carbonyl (C=O) groups excluding carboxylic acids is 1. The minimum absolute atomic E-state index is 0.0693. The first-order chi connectivity index (χ1) is 11.4. The van der Waals surface area contributed by atoms with Crippen LogP contribution in [0.3, 0.4) is 0 Å². The lowest BCUT2D eigenvalue weighted by molar-refractivity contribution is -0.130. The predicted molar refractivity (Wildman–Crippen MR) is 92.6 cm³/mol. The van der Waals surface area contributed by atoms with E-state index in [1.807, 2.05) is 19.9 Å². The SMILES string of the molecule is CCC(=O)N1CCCN(S(=O)(=O)c2cc(CC)ccc2OC)CC1. The number of nitrogens with zero attached hydrogens (tertiary/aromatic N) is 2. The average molecular weight is 354 g/mol. The first kappa shape index (κ1) is 18.7. The molecule has 0 unspecified atom stereocenters. The fourth-order valence-electron chi connectivity index (χ4n) is 2.89. The van der Waals surface area contributed by atoms with Crippen molar-refractivity contribution < 1.29 is 17.9 Å². The summed E-state index contributed by atoms with van der Waals surface area (Å²) in [5, 5.41) is 0. The largest absolute Gasteiger partial charge is 0.495 e. The summed E-state index contributed by atoms with van der Waals surface area (Å²) < 4.78 is 32.9. The molecule has 0 spiro atoms. The van der Waals surface area contributed by atoms with Gasteiger partial charge in [0.05, 0.1) is 7.11 Å². The average Bonchev–Trinajstić information content (AvgIpc) is 2.87. The summed E-state index contributed by atoms with van der Waals surface area (Å²) in [5.74, 6) is 0.428. The Labute approximate surface area is 144 Å². The van der Waals surface area contributed by atoms with Crippen molar-refractivity contribution in [1.29, 1.82) is 0 Å². The van der Waals surface area contributed by atoms with E-state index >= 15 is 0 Å². The second-order valence-electron chi connectivity index (χ2n) is 5.83. The molecular weight excluding hydrogens is 328 g/mol. The van der Waals surface area contributed by atoms with E-state index < -0.39 is 10.0 Å². The summed E-state index contributed by atoms with van der Waals surface area (Å²) in [6.45, 7) is 5.57. The van der Waals surface area contributed by atoms with Gasteiger partial charge in [-0.3, -0.25) is 4.79 Å². The quantitative estimate of drug-likeness (QED) is 0.810. The Morgan fingerprint density at radius 2 is 1.92 bits per heavy atom. The topological polar surface area (TPSA) is 66.9 Å². The zero-order chi connectivity index (χ0) is 17.7. The van der Waals surface area contributed by atoms with Gasteiger partial charge in [-0.1, -0.05) is 19.9 Å². The molecule has 0 saturated carbocycles. The summed E-state index contributed by atoms with van der Waals surface area (Å²) in [7, 11) is -2.17. The van der Waals surface area contributed by atoms with Crippen LogP contribution in [-0.4, -0.2) is 56.8 Å². The monoisotopic (exact) mass is 354 g/mol. The van der Waals surface area contributed by atoms with Crippen LogP contribution in [0.5, 0.6) is 5.75 Å². The van der Waals surface area contributed by atoms with Gasteiger partial charge >= 0.3 is 0 Å². The van der Waals surface area contributed by atoms with E-state index in [-0.39, 0.29) is 10.8 Å². The number of hydrogen-bond donors (Lipinski definition) is 0. The molecule has 1 saturated heterocycles. The van der Waals surface area contributed by atoms with Crippen LogP contribution >= 0.6 is 0 Å². The van der Waals surface area contributed by atoms with Gasteiger partial charge in [0, 0.05) is 32.6 Å². The van der Waals surface area contributed by atoms with Crippen molar-refractivity contribution >= 4 is 15.9 Å². The van der Waals surface area contributed by atoms with Crippen LogP contribution in [0.2, 0.25) is 0 Å². The first-order valence-corrected chi connectivity index (χ1v) is 9.82. The van der Waals surface area contributed by atoms with Gasteiger partial charge < -0.3 is 9.64 Å². The summed E-state index contributed by atoms with van der Waals surface area (Å²) in [6, 6.07) is 5.27. The molecule has 24 heavy (non-hydrogen) atoms. The third-order valence-corrected chi connectivity index (χ3v) is 6.28. The summed E-state index contributed by atoms with van der Waals surface area (Å²) >= 11 is 0. The lowest BCUT2D eigenvalue weighted by Crippen LogP contribution is -2.37. The highest BCUT2D eigenvalue weighted by atomic mass is 32.2. The van der Waals surface area contributed by atoms with Crippen molar-refractivity contribution in [1.82, 2.24) is 9.21 Å². The molecule has 0 aliphatic carbocycles. The van der Waals surface area contributed by atoms with Gasteiger partial charge in [0.15, 0.2) is 0 Å². The maximum absolute atomic E-state index is 13.1. The number of rotatable bonds is 5. The molecule has 2 rings (SSSR count). The van der Waals surface area contributed by atoms with Gasteiger partial charge in [0.25, 0.3) is 0 Å². The van der Waals surface area contributed by atoms with Gasteiger partial charge in [0.2, 0.25) is 15.9 Å². The van der Waals surface area contributed by atoms with Gasteiger partial charge in [-0.25, -0.2) is 8.42 Å². The van der Waals surface area contributed by atoms with E-state index in [1.165, 1.54) is 11.4 Å². The van der Waals surface area contributed by atoms with E-state index in [9.17, 15) is 13.2 Å². The molecule has 1 aromatic carbocycles. The van der Waals surface area contributed by atoms with Crippen molar-refractivity contribution in [2.24, 2.45) is 0 Å². The maximum Gasteiger partial charge on any atom is 0.246 e. The van der Waals surface area contributed by atoms with Crippen LogP contribution in [0.1, 0.15) is 32.3 Å². The number of methoxy groups -OCH3 is 1. The molecule has 7 heteroatoms. The Hall–Kier alpha value is -1.60. The highest BCUT2D eigenvalue weighted by Crippen LogP contribution is 2.28. The summed E-state index contributed by atoms with van der Waals surface area (Å²) in [4.78, 5) is 13.8. The molecule has 0 N–H and O–H groups in total. The smallest absolute Gasteiger partial charge is 0.246 e. The van der Waals surface area contributed by atoms with E-state index in [4.69, 9.17) is 4.74 Å². The van der Waals surface area contributed by atoms with E-state index in [2.05, 4.69) is 0 Å². The maximum atomic E-state index is 13.1. The molecule has 0 atom stereocenters. The minimum Gasteiger partial charge on any atom is -0.495 e. The van der Waals surface area contributed by atoms with Crippen molar-refractivity contribution in [3.63, 3.8) is 0 Å². The van der Waals surface area contributed by atoms with Gasteiger partial charge in [-0.05, 0) is 30.5 Å². The number of aryl methyl sites for hydroxylation is 1. The number of hydrogen-bond acceptors (Lipinski definition) is 4. The van der Waals surface area contributed by atoms with E-state index in [0.29, 0.717) is 44.8 Å². The van der Waals surface area contributed by atoms with Crippen LogP contribution in [-0.2, 0) is 21.2 Å². The molecule has 1 aliphatic rings. The number of amides is 1. The third kappa shape index (κ3) is 3.89. The number of sulfonamides is 1. The predicted octanol–water partition coefficient (Wildman–Crippen LogP) is 1.89. The summed E-state index contributed by atoms with van der Waals surface area (Å²) in [6.07, 6.45) is 1.84. The van der Waals surface area contributed by atoms with Crippen molar-refractivity contribution in [2.45, 2.75) is 38.0 Å². The zero-order valence-electron chi connectivity index (χ0n) is 14.6. The molecule has 1 amide bonds. The van der Waals surface area contributed by atoms with Crippen molar-refractivity contribution in [3.05, 3.63) is 23.8 Å². The lowest BCUT2D eigenvalue weighted by atomic mass is 10.2. The van der Waals surface area contributed by atoms with Gasteiger partial charge in [0.1, 0.15) is 10.6 Å². The van der Waals surface area contributed by atoms with Crippen LogP contribution in [0.4, 0.5) is 0 Å². The molecule has 6 nitrogen and oxygen atoms in total. The molecule has 1 aromatic rings. The Morgan fingerprint density at radius 3 is 2.54 bits per heavy atom. The molecule has 1 fully saturated rings.